The van der Waals surface area contributed by atoms with Crippen LogP contribution in [0.5, 0.6) is 0 Å². The lowest BCUT2D eigenvalue weighted by molar-refractivity contribution is 0.165. The summed E-state index contributed by atoms with van der Waals surface area (Å²) < 4.78 is 0. The van der Waals surface area contributed by atoms with Crippen molar-refractivity contribution in [3.8, 4) is 0 Å². The molecule has 2 aliphatic heterocycles. The van der Waals surface area contributed by atoms with E-state index in [9.17, 15) is 0 Å². The van der Waals surface area contributed by atoms with E-state index in [2.05, 4.69) is 9.80 Å². The smallest absolute Gasteiger partial charge is 0.00966 e. The van der Waals surface area contributed by atoms with Crippen LogP contribution in [0.2, 0.25) is 0 Å². The Hall–Kier alpha value is -0.0800. The van der Waals surface area contributed by atoms with E-state index in [1.807, 2.05) is 0 Å². The summed E-state index contributed by atoms with van der Waals surface area (Å²) >= 11 is 0. The zero-order valence-corrected chi connectivity index (χ0v) is 11.0. The van der Waals surface area contributed by atoms with Gasteiger partial charge in [-0.3, -0.25) is 9.80 Å². The van der Waals surface area contributed by atoms with E-state index < -0.39 is 0 Å². The predicted octanol–water partition coefficient (Wildman–Crippen LogP) is 2.35. The molecule has 0 radical (unpaired) electrons. The molecule has 0 bridgehead atoms. The van der Waals surface area contributed by atoms with E-state index in [-0.39, 0.29) is 0 Å². The summed E-state index contributed by atoms with van der Waals surface area (Å²) in [6, 6.07) is 1.97. The maximum Gasteiger partial charge on any atom is 0.00966 e. The summed E-state index contributed by atoms with van der Waals surface area (Å²) in [5.41, 5.74) is 0. The SMILES string of the molecule is C1CCC(N2CC3CN(C4CC4)CC3C2)CC1. The van der Waals surface area contributed by atoms with E-state index in [0.717, 1.165) is 23.9 Å². The number of fused-ring (bicyclic) bond motifs is 1. The van der Waals surface area contributed by atoms with Crippen molar-refractivity contribution >= 4 is 0 Å². The van der Waals surface area contributed by atoms with Crippen molar-refractivity contribution in [1.29, 1.82) is 0 Å². The van der Waals surface area contributed by atoms with Gasteiger partial charge in [0.05, 0.1) is 0 Å². The number of hydrogen-bond donors (Lipinski definition) is 0. The van der Waals surface area contributed by atoms with Crippen LogP contribution in [0.1, 0.15) is 44.9 Å². The predicted molar refractivity (Wildman–Crippen MR) is 70.0 cm³/mol. The third-order valence-corrected chi connectivity index (χ3v) is 5.70. The van der Waals surface area contributed by atoms with Crippen molar-refractivity contribution < 1.29 is 0 Å². The van der Waals surface area contributed by atoms with Crippen molar-refractivity contribution in [2.75, 3.05) is 26.2 Å². The van der Waals surface area contributed by atoms with Crippen LogP contribution in [0.4, 0.5) is 0 Å². The first-order chi connectivity index (χ1) is 8.40. The Kier molecular flexibility index (Phi) is 2.69. The first-order valence-corrected chi connectivity index (χ1v) is 7.88. The normalized spacial score (nSPS) is 40.9. The molecule has 0 aromatic carbocycles. The van der Waals surface area contributed by atoms with Crippen molar-refractivity contribution in [3.05, 3.63) is 0 Å². The van der Waals surface area contributed by atoms with Gasteiger partial charge in [0.1, 0.15) is 0 Å². The van der Waals surface area contributed by atoms with Gasteiger partial charge in [-0.05, 0) is 37.5 Å². The molecular formula is C15H26N2. The first-order valence-electron chi connectivity index (χ1n) is 7.88. The minimum Gasteiger partial charge on any atom is -0.300 e. The molecule has 0 N–H and O–H groups in total. The zero-order chi connectivity index (χ0) is 11.2. The van der Waals surface area contributed by atoms with Gasteiger partial charge in [0, 0.05) is 38.3 Å². The van der Waals surface area contributed by atoms with Crippen LogP contribution in [0.25, 0.3) is 0 Å². The van der Waals surface area contributed by atoms with Crippen LogP contribution in [0.3, 0.4) is 0 Å². The van der Waals surface area contributed by atoms with Crippen molar-refractivity contribution in [2.24, 2.45) is 11.8 Å². The molecule has 0 amide bonds. The Labute approximate surface area is 105 Å². The van der Waals surface area contributed by atoms with E-state index in [1.165, 1.54) is 71.1 Å². The summed E-state index contributed by atoms with van der Waals surface area (Å²) in [4.78, 5) is 5.66. The zero-order valence-electron chi connectivity index (χ0n) is 11.0. The van der Waals surface area contributed by atoms with Gasteiger partial charge in [-0.25, -0.2) is 0 Å². The third kappa shape index (κ3) is 2.04. The fraction of sp³-hybridized carbons (Fsp3) is 1.00. The molecule has 4 rings (SSSR count). The minimum atomic E-state index is 0.962. The van der Waals surface area contributed by atoms with Crippen molar-refractivity contribution in [2.45, 2.75) is 57.0 Å². The van der Waals surface area contributed by atoms with Crippen LogP contribution in [0.15, 0.2) is 0 Å². The molecule has 2 saturated carbocycles. The Morgan fingerprint density at radius 2 is 1.00 bits per heavy atom. The molecule has 2 atom stereocenters. The Balaban J connectivity index is 1.35. The Morgan fingerprint density at radius 3 is 1.47 bits per heavy atom. The highest BCUT2D eigenvalue weighted by atomic mass is 15.3. The largest absolute Gasteiger partial charge is 0.300 e. The van der Waals surface area contributed by atoms with Gasteiger partial charge in [0.15, 0.2) is 0 Å². The molecule has 2 heteroatoms. The van der Waals surface area contributed by atoms with E-state index in [0.29, 0.717) is 0 Å². The maximum atomic E-state index is 2.86. The van der Waals surface area contributed by atoms with Gasteiger partial charge in [0.2, 0.25) is 0 Å². The Morgan fingerprint density at radius 1 is 0.529 bits per heavy atom. The molecular weight excluding hydrogens is 208 g/mol. The average molecular weight is 234 g/mol. The summed E-state index contributed by atoms with van der Waals surface area (Å²) in [5, 5.41) is 0. The van der Waals surface area contributed by atoms with Crippen LogP contribution >= 0.6 is 0 Å². The number of likely N-dealkylation sites (tertiary alicyclic amines) is 2. The van der Waals surface area contributed by atoms with Gasteiger partial charge < -0.3 is 0 Å². The van der Waals surface area contributed by atoms with E-state index in [1.54, 1.807) is 0 Å². The summed E-state index contributed by atoms with van der Waals surface area (Å²) in [7, 11) is 0. The van der Waals surface area contributed by atoms with E-state index >= 15 is 0 Å². The molecule has 2 saturated heterocycles. The average Bonchev–Trinajstić information content (AvgIpc) is 3.01. The Bertz CT molecular complexity index is 267. The molecule has 2 aliphatic carbocycles. The van der Waals surface area contributed by atoms with Gasteiger partial charge in [-0.15, -0.1) is 0 Å². The molecule has 4 fully saturated rings. The second kappa shape index (κ2) is 4.24. The fourth-order valence-electron chi connectivity index (χ4n) is 4.55. The summed E-state index contributed by atoms with van der Waals surface area (Å²) in [6.45, 7) is 5.72. The second-order valence-electron chi connectivity index (χ2n) is 6.95. The first kappa shape index (κ1) is 10.8. The molecule has 2 heterocycles. The highest BCUT2D eigenvalue weighted by Gasteiger charge is 2.45. The van der Waals surface area contributed by atoms with Gasteiger partial charge in [-0.1, -0.05) is 19.3 Å². The fourth-order valence-corrected chi connectivity index (χ4v) is 4.55. The minimum absolute atomic E-state index is 0.962. The molecule has 0 aromatic rings. The molecule has 2 unspecified atom stereocenters. The lowest BCUT2D eigenvalue weighted by Gasteiger charge is -2.32. The lowest BCUT2D eigenvalue weighted by Crippen LogP contribution is -2.37. The summed E-state index contributed by atoms with van der Waals surface area (Å²) in [6.07, 6.45) is 10.4. The van der Waals surface area contributed by atoms with Crippen LogP contribution < -0.4 is 0 Å². The number of rotatable bonds is 2. The monoisotopic (exact) mass is 234 g/mol. The number of nitrogens with zero attached hydrogens (tertiary/aromatic N) is 2. The molecule has 96 valence electrons. The third-order valence-electron chi connectivity index (χ3n) is 5.70. The van der Waals surface area contributed by atoms with Crippen LogP contribution in [-0.2, 0) is 0 Å². The molecule has 0 aromatic heterocycles. The highest BCUT2D eigenvalue weighted by Crippen LogP contribution is 2.39. The maximum absolute atomic E-state index is 2.86. The van der Waals surface area contributed by atoms with Crippen LogP contribution in [0, 0.1) is 11.8 Å². The molecule has 4 aliphatic rings. The molecule has 0 spiro atoms. The molecule has 2 nitrogen and oxygen atoms in total. The van der Waals surface area contributed by atoms with Gasteiger partial charge in [-0.2, -0.15) is 0 Å². The highest BCUT2D eigenvalue weighted by molar-refractivity contribution is 4.99. The molecule has 17 heavy (non-hydrogen) atoms. The van der Waals surface area contributed by atoms with Gasteiger partial charge in [0.25, 0.3) is 0 Å². The van der Waals surface area contributed by atoms with Gasteiger partial charge >= 0.3 is 0 Å². The topological polar surface area (TPSA) is 6.48 Å². The standard InChI is InChI=1S/C15H26N2/c1-2-4-14(5-3-1)16-8-12-10-17(15-6-7-15)11-13(12)9-16/h12-15H,1-11H2. The quantitative estimate of drug-likeness (QED) is 0.723. The van der Waals surface area contributed by atoms with Crippen molar-refractivity contribution in [1.82, 2.24) is 9.80 Å². The number of hydrogen-bond acceptors (Lipinski definition) is 2. The van der Waals surface area contributed by atoms with Crippen molar-refractivity contribution in [3.63, 3.8) is 0 Å². The summed E-state index contributed by atoms with van der Waals surface area (Å²) in [5.74, 6) is 2.05. The lowest BCUT2D eigenvalue weighted by atomic mass is 9.94. The van der Waals surface area contributed by atoms with Crippen LogP contribution in [-0.4, -0.2) is 48.1 Å². The van der Waals surface area contributed by atoms with E-state index in [4.69, 9.17) is 0 Å². The second-order valence-corrected chi connectivity index (χ2v) is 6.95.